The summed E-state index contributed by atoms with van der Waals surface area (Å²) in [5, 5.41) is 15.7. The van der Waals surface area contributed by atoms with Crippen LogP contribution in [-0.4, -0.2) is 26.8 Å². The monoisotopic (exact) mass is 293 g/mol. The summed E-state index contributed by atoms with van der Waals surface area (Å²) in [6.45, 7) is 2.83. The lowest BCUT2D eigenvalue weighted by Gasteiger charge is -2.03. The Morgan fingerprint density at radius 2 is 2.25 bits per heavy atom. The molecule has 0 aliphatic rings. The first kappa shape index (κ1) is 14.3. The van der Waals surface area contributed by atoms with Crippen LogP contribution in [0.3, 0.4) is 0 Å². The standard InChI is InChI=1S/C13H15N3O3S/c1-9-6-15-16(8-9)5-4-12(17)14-7-10-2-3-11(20-10)13(18)19/h2-3,6,8H,4-5,7H2,1H3,(H,14,17)(H,18,19). The number of hydrogen-bond acceptors (Lipinski definition) is 4. The Morgan fingerprint density at radius 1 is 1.45 bits per heavy atom. The number of aryl methyl sites for hydroxylation is 2. The van der Waals surface area contributed by atoms with Gasteiger partial charge in [-0.2, -0.15) is 5.10 Å². The van der Waals surface area contributed by atoms with E-state index in [1.54, 1.807) is 23.0 Å². The smallest absolute Gasteiger partial charge is 0.345 e. The number of rotatable bonds is 6. The topological polar surface area (TPSA) is 84.2 Å². The zero-order valence-corrected chi connectivity index (χ0v) is 11.8. The van der Waals surface area contributed by atoms with E-state index in [9.17, 15) is 9.59 Å². The normalized spacial score (nSPS) is 10.4. The molecule has 0 saturated carbocycles. The molecule has 2 N–H and O–H groups in total. The highest BCUT2D eigenvalue weighted by atomic mass is 32.1. The molecule has 0 saturated heterocycles. The lowest BCUT2D eigenvalue weighted by Crippen LogP contribution is -2.23. The van der Waals surface area contributed by atoms with Crippen LogP contribution in [0.2, 0.25) is 0 Å². The van der Waals surface area contributed by atoms with Gasteiger partial charge in [-0.25, -0.2) is 4.79 Å². The molecule has 0 atom stereocenters. The second-order valence-corrected chi connectivity index (χ2v) is 5.55. The molecule has 20 heavy (non-hydrogen) atoms. The first-order valence-electron chi connectivity index (χ1n) is 6.12. The third-order valence-electron chi connectivity index (χ3n) is 2.66. The van der Waals surface area contributed by atoms with Crippen molar-refractivity contribution in [3.05, 3.63) is 39.8 Å². The van der Waals surface area contributed by atoms with Gasteiger partial charge in [-0.3, -0.25) is 9.48 Å². The Bertz CT molecular complexity index is 618. The molecular weight excluding hydrogens is 278 g/mol. The molecule has 0 aliphatic heterocycles. The van der Waals surface area contributed by atoms with E-state index in [1.165, 1.54) is 11.3 Å². The summed E-state index contributed by atoms with van der Waals surface area (Å²) in [5.41, 5.74) is 1.06. The quantitative estimate of drug-likeness (QED) is 0.848. The van der Waals surface area contributed by atoms with Crippen molar-refractivity contribution in [3.63, 3.8) is 0 Å². The van der Waals surface area contributed by atoms with Crippen molar-refractivity contribution in [3.8, 4) is 0 Å². The number of amides is 1. The Morgan fingerprint density at radius 3 is 2.85 bits per heavy atom. The van der Waals surface area contributed by atoms with Crippen molar-refractivity contribution >= 4 is 23.2 Å². The highest BCUT2D eigenvalue weighted by Gasteiger charge is 2.08. The molecule has 0 spiro atoms. The molecule has 7 heteroatoms. The molecule has 6 nitrogen and oxygen atoms in total. The molecule has 2 heterocycles. The number of aromatic nitrogens is 2. The van der Waals surface area contributed by atoms with E-state index < -0.39 is 5.97 Å². The molecule has 1 amide bonds. The van der Waals surface area contributed by atoms with E-state index >= 15 is 0 Å². The number of nitrogens with one attached hydrogen (secondary N) is 1. The van der Waals surface area contributed by atoms with Gasteiger partial charge in [-0.05, 0) is 24.6 Å². The summed E-state index contributed by atoms with van der Waals surface area (Å²) in [4.78, 5) is 23.5. The lowest BCUT2D eigenvalue weighted by atomic mass is 10.3. The minimum absolute atomic E-state index is 0.0802. The van der Waals surface area contributed by atoms with E-state index in [0.29, 0.717) is 19.5 Å². The molecule has 0 aromatic carbocycles. The summed E-state index contributed by atoms with van der Waals surface area (Å²) < 4.78 is 1.72. The summed E-state index contributed by atoms with van der Waals surface area (Å²) in [6, 6.07) is 3.26. The number of carboxylic acid groups (broad SMARTS) is 1. The Kier molecular flexibility index (Phi) is 4.52. The van der Waals surface area contributed by atoms with Gasteiger partial charge < -0.3 is 10.4 Å². The largest absolute Gasteiger partial charge is 0.477 e. The SMILES string of the molecule is Cc1cnn(CCC(=O)NCc2ccc(C(=O)O)s2)c1. The van der Waals surface area contributed by atoms with Gasteiger partial charge in [0, 0.05) is 24.0 Å². The molecule has 0 bridgehead atoms. The average Bonchev–Trinajstić information content (AvgIpc) is 3.03. The van der Waals surface area contributed by atoms with E-state index in [2.05, 4.69) is 10.4 Å². The second-order valence-electron chi connectivity index (χ2n) is 4.38. The zero-order valence-electron chi connectivity index (χ0n) is 11.0. The van der Waals surface area contributed by atoms with Gasteiger partial charge in [0.1, 0.15) is 4.88 Å². The van der Waals surface area contributed by atoms with Gasteiger partial charge in [-0.15, -0.1) is 11.3 Å². The average molecular weight is 293 g/mol. The van der Waals surface area contributed by atoms with Gasteiger partial charge in [0.2, 0.25) is 5.91 Å². The molecular formula is C13H15N3O3S. The van der Waals surface area contributed by atoms with Crippen LogP contribution < -0.4 is 5.32 Å². The Labute approximate surface area is 120 Å². The molecule has 106 valence electrons. The minimum Gasteiger partial charge on any atom is -0.477 e. The van der Waals surface area contributed by atoms with Crippen LogP contribution in [0.5, 0.6) is 0 Å². The second kappa shape index (κ2) is 6.33. The summed E-state index contributed by atoms with van der Waals surface area (Å²) >= 11 is 1.17. The van der Waals surface area contributed by atoms with E-state index in [4.69, 9.17) is 5.11 Å². The van der Waals surface area contributed by atoms with Gasteiger partial charge in [-0.1, -0.05) is 0 Å². The van der Waals surface area contributed by atoms with Crippen molar-refractivity contribution in [2.75, 3.05) is 0 Å². The summed E-state index contributed by atoms with van der Waals surface area (Å²) in [6.07, 6.45) is 3.97. The summed E-state index contributed by atoms with van der Waals surface area (Å²) in [7, 11) is 0. The van der Waals surface area contributed by atoms with E-state index in [-0.39, 0.29) is 10.8 Å². The van der Waals surface area contributed by atoms with Crippen LogP contribution in [0.4, 0.5) is 0 Å². The molecule has 2 rings (SSSR count). The molecule has 0 fully saturated rings. The fourth-order valence-corrected chi connectivity index (χ4v) is 2.45. The molecule has 0 unspecified atom stereocenters. The van der Waals surface area contributed by atoms with Crippen molar-refractivity contribution in [1.82, 2.24) is 15.1 Å². The van der Waals surface area contributed by atoms with Gasteiger partial charge in [0.25, 0.3) is 0 Å². The molecule has 2 aromatic rings. The van der Waals surface area contributed by atoms with Gasteiger partial charge in [0.15, 0.2) is 0 Å². The van der Waals surface area contributed by atoms with Crippen molar-refractivity contribution in [2.24, 2.45) is 0 Å². The van der Waals surface area contributed by atoms with Crippen LogP contribution in [0.15, 0.2) is 24.5 Å². The van der Waals surface area contributed by atoms with Gasteiger partial charge >= 0.3 is 5.97 Å². The molecule has 2 aromatic heterocycles. The fourth-order valence-electron chi connectivity index (χ4n) is 1.67. The Balaban J connectivity index is 1.75. The maximum Gasteiger partial charge on any atom is 0.345 e. The maximum absolute atomic E-state index is 11.7. The maximum atomic E-state index is 11.7. The van der Waals surface area contributed by atoms with Crippen molar-refractivity contribution < 1.29 is 14.7 Å². The number of nitrogens with zero attached hydrogens (tertiary/aromatic N) is 2. The van der Waals surface area contributed by atoms with Crippen LogP contribution in [0, 0.1) is 6.92 Å². The molecule has 0 radical (unpaired) electrons. The predicted molar refractivity (Wildman–Crippen MR) is 74.7 cm³/mol. The molecule has 0 aliphatic carbocycles. The third kappa shape index (κ3) is 3.92. The third-order valence-corrected chi connectivity index (χ3v) is 3.74. The number of carbonyl (C=O) groups excluding carboxylic acids is 1. The van der Waals surface area contributed by atoms with E-state index in [1.807, 2.05) is 13.1 Å². The highest BCUT2D eigenvalue weighted by molar-refractivity contribution is 7.13. The van der Waals surface area contributed by atoms with Crippen LogP contribution >= 0.6 is 11.3 Å². The first-order valence-corrected chi connectivity index (χ1v) is 6.94. The minimum atomic E-state index is -0.943. The van der Waals surface area contributed by atoms with E-state index in [0.717, 1.165) is 10.4 Å². The van der Waals surface area contributed by atoms with Crippen LogP contribution in [-0.2, 0) is 17.9 Å². The van der Waals surface area contributed by atoms with Crippen molar-refractivity contribution in [1.29, 1.82) is 0 Å². The van der Waals surface area contributed by atoms with Crippen LogP contribution in [0.25, 0.3) is 0 Å². The number of hydrogen-bond donors (Lipinski definition) is 2. The Hall–Kier alpha value is -2.15. The first-order chi connectivity index (χ1) is 9.54. The fraction of sp³-hybridized carbons (Fsp3) is 0.308. The lowest BCUT2D eigenvalue weighted by molar-refractivity contribution is -0.121. The number of carboxylic acids is 1. The van der Waals surface area contributed by atoms with Crippen LogP contribution in [0.1, 0.15) is 26.5 Å². The highest BCUT2D eigenvalue weighted by Crippen LogP contribution is 2.15. The number of carbonyl (C=O) groups is 2. The zero-order chi connectivity index (χ0) is 14.5. The van der Waals surface area contributed by atoms with Crippen molar-refractivity contribution in [2.45, 2.75) is 26.4 Å². The predicted octanol–water partition coefficient (Wildman–Crippen LogP) is 1.66. The number of aromatic carboxylic acids is 1. The number of thiophene rings is 1. The van der Waals surface area contributed by atoms with Gasteiger partial charge in [0.05, 0.1) is 12.7 Å². The summed E-state index contributed by atoms with van der Waals surface area (Å²) in [5.74, 6) is -1.02.